The number of aliphatic hydroxyl groups is 1. The van der Waals surface area contributed by atoms with Gasteiger partial charge in [0.15, 0.2) is 11.4 Å². The first kappa shape index (κ1) is 10.1. The number of benzene rings is 1. The van der Waals surface area contributed by atoms with Crippen molar-refractivity contribution in [2.75, 3.05) is 6.54 Å². The first-order valence-corrected chi connectivity index (χ1v) is 4.65. The van der Waals surface area contributed by atoms with Gasteiger partial charge in [-0.05, 0) is 19.1 Å². The molecular weight excluding hydrogens is 197 g/mol. The van der Waals surface area contributed by atoms with Crippen molar-refractivity contribution in [2.45, 2.75) is 12.5 Å². The average molecular weight is 209 g/mol. The number of fused-ring (bicyclic) bond motifs is 1. The fraction of sp³-hybridized carbons (Fsp3) is 0.273. The van der Waals surface area contributed by atoms with Crippen LogP contribution in [0.15, 0.2) is 28.7 Å². The van der Waals surface area contributed by atoms with E-state index in [1.165, 1.54) is 13.0 Å². The monoisotopic (exact) mass is 209 g/mol. The van der Waals surface area contributed by atoms with E-state index in [0.717, 1.165) is 0 Å². The van der Waals surface area contributed by atoms with Crippen molar-refractivity contribution in [2.24, 2.45) is 5.73 Å². The summed E-state index contributed by atoms with van der Waals surface area (Å²) in [6.07, 6.45) is 0. The minimum atomic E-state index is -1.26. The lowest BCUT2D eigenvalue weighted by atomic mass is 10.0. The Balaban J connectivity index is 2.62. The van der Waals surface area contributed by atoms with Gasteiger partial charge in [0.2, 0.25) is 0 Å². The number of nitrogens with two attached hydrogens (primary N) is 1. The predicted molar refractivity (Wildman–Crippen MR) is 54.8 cm³/mol. The van der Waals surface area contributed by atoms with E-state index in [1.54, 1.807) is 18.2 Å². The van der Waals surface area contributed by atoms with Crippen LogP contribution in [-0.4, -0.2) is 11.7 Å². The fourth-order valence-corrected chi connectivity index (χ4v) is 1.39. The maximum atomic E-state index is 13.3. The van der Waals surface area contributed by atoms with Crippen LogP contribution in [0.4, 0.5) is 4.39 Å². The Hall–Kier alpha value is -1.39. The molecule has 3 N–H and O–H groups in total. The molecule has 0 aliphatic rings. The van der Waals surface area contributed by atoms with E-state index >= 15 is 0 Å². The third-order valence-electron chi connectivity index (χ3n) is 2.42. The van der Waals surface area contributed by atoms with Crippen LogP contribution in [0.3, 0.4) is 0 Å². The molecule has 0 aliphatic carbocycles. The lowest BCUT2D eigenvalue weighted by molar-refractivity contribution is 0.0448. The number of para-hydroxylation sites is 1. The highest BCUT2D eigenvalue weighted by molar-refractivity contribution is 5.78. The molecule has 0 aliphatic heterocycles. The Kier molecular flexibility index (Phi) is 2.25. The molecule has 4 heteroatoms. The van der Waals surface area contributed by atoms with Gasteiger partial charge in [0.1, 0.15) is 11.4 Å². The maximum absolute atomic E-state index is 13.3. The van der Waals surface area contributed by atoms with E-state index in [9.17, 15) is 9.50 Å². The van der Waals surface area contributed by atoms with Gasteiger partial charge < -0.3 is 15.3 Å². The van der Waals surface area contributed by atoms with Crippen molar-refractivity contribution in [3.8, 4) is 0 Å². The lowest BCUT2D eigenvalue weighted by Gasteiger charge is -2.17. The quantitative estimate of drug-likeness (QED) is 0.792. The second kappa shape index (κ2) is 3.32. The second-order valence-corrected chi connectivity index (χ2v) is 3.75. The van der Waals surface area contributed by atoms with Crippen LogP contribution in [0, 0.1) is 5.82 Å². The Morgan fingerprint density at radius 2 is 2.27 bits per heavy atom. The normalized spacial score (nSPS) is 15.5. The molecule has 0 spiro atoms. The summed E-state index contributed by atoms with van der Waals surface area (Å²) in [7, 11) is 0. The molecule has 1 aromatic heterocycles. The maximum Gasteiger partial charge on any atom is 0.170 e. The van der Waals surface area contributed by atoms with Gasteiger partial charge in [0.05, 0.1) is 0 Å². The summed E-state index contributed by atoms with van der Waals surface area (Å²) in [5.74, 6) is -0.156. The van der Waals surface area contributed by atoms with Crippen LogP contribution < -0.4 is 5.73 Å². The van der Waals surface area contributed by atoms with E-state index < -0.39 is 11.4 Å². The second-order valence-electron chi connectivity index (χ2n) is 3.75. The summed E-state index contributed by atoms with van der Waals surface area (Å²) in [6.45, 7) is 1.55. The molecule has 1 aromatic carbocycles. The molecule has 0 amide bonds. The van der Waals surface area contributed by atoms with Gasteiger partial charge in [-0.15, -0.1) is 0 Å². The van der Waals surface area contributed by atoms with Gasteiger partial charge >= 0.3 is 0 Å². The average Bonchev–Trinajstić information content (AvgIpc) is 2.64. The Bertz CT molecular complexity index is 490. The third kappa shape index (κ3) is 1.62. The fourth-order valence-electron chi connectivity index (χ4n) is 1.39. The molecule has 3 nitrogen and oxygen atoms in total. The summed E-state index contributed by atoms with van der Waals surface area (Å²) in [5.41, 5.74) is 4.29. The van der Waals surface area contributed by atoms with Crippen molar-refractivity contribution >= 4 is 11.0 Å². The number of hydrogen-bond donors (Lipinski definition) is 2. The zero-order valence-electron chi connectivity index (χ0n) is 8.33. The molecule has 0 saturated heterocycles. The van der Waals surface area contributed by atoms with Crippen molar-refractivity contribution in [1.29, 1.82) is 0 Å². The molecule has 15 heavy (non-hydrogen) atoms. The smallest absolute Gasteiger partial charge is 0.170 e. The molecule has 1 heterocycles. The van der Waals surface area contributed by atoms with E-state index in [-0.39, 0.29) is 17.9 Å². The molecule has 2 rings (SSSR count). The molecule has 1 atom stereocenters. The van der Waals surface area contributed by atoms with Gasteiger partial charge in [-0.25, -0.2) is 4.39 Å². The van der Waals surface area contributed by atoms with E-state index in [1.807, 2.05) is 0 Å². The summed E-state index contributed by atoms with van der Waals surface area (Å²) in [5, 5.41) is 10.5. The highest BCUT2D eigenvalue weighted by Crippen LogP contribution is 2.28. The summed E-state index contributed by atoms with van der Waals surface area (Å²) in [6, 6.07) is 6.23. The highest BCUT2D eigenvalue weighted by Gasteiger charge is 2.26. The van der Waals surface area contributed by atoms with E-state index in [2.05, 4.69) is 0 Å². The van der Waals surface area contributed by atoms with Crippen LogP contribution in [-0.2, 0) is 5.60 Å². The minimum Gasteiger partial charge on any atom is -0.455 e. The van der Waals surface area contributed by atoms with E-state index in [0.29, 0.717) is 5.39 Å². The molecule has 1 unspecified atom stereocenters. The van der Waals surface area contributed by atoms with Crippen molar-refractivity contribution in [3.05, 3.63) is 35.8 Å². The first-order valence-electron chi connectivity index (χ1n) is 4.65. The summed E-state index contributed by atoms with van der Waals surface area (Å²) < 4.78 is 18.5. The topological polar surface area (TPSA) is 59.4 Å². The third-order valence-corrected chi connectivity index (χ3v) is 2.42. The van der Waals surface area contributed by atoms with Crippen molar-refractivity contribution in [3.63, 3.8) is 0 Å². The van der Waals surface area contributed by atoms with Gasteiger partial charge in [-0.3, -0.25) is 0 Å². The standard InChI is InChI=1S/C11H12FNO2/c1-11(14,6-13)9-5-7-3-2-4-8(12)10(7)15-9/h2-5,14H,6,13H2,1H3. The first-order chi connectivity index (χ1) is 7.04. The molecule has 0 fully saturated rings. The zero-order chi connectivity index (χ0) is 11.1. The van der Waals surface area contributed by atoms with Gasteiger partial charge in [-0.2, -0.15) is 0 Å². The summed E-state index contributed by atoms with van der Waals surface area (Å²) in [4.78, 5) is 0. The molecular formula is C11H12FNO2. The minimum absolute atomic E-state index is 0.0223. The van der Waals surface area contributed by atoms with Crippen LogP contribution in [0.5, 0.6) is 0 Å². The van der Waals surface area contributed by atoms with Crippen molar-refractivity contribution in [1.82, 2.24) is 0 Å². The molecule has 80 valence electrons. The Morgan fingerprint density at radius 3 is 2.87 bits per heavy atom. The molecule has 0 bridgehead atoms. The van der Waals surface area contributed by atoms with Crippen LogP contribution in [0.25, 0.3) is 11.0 Å². The SMILES string of the molecule is CC(O)(CN)c1cc2cccc(F)c2o1. The molecule has 0 saturated carbocycles. The van der Waals surface area contributed by atoms with Gasteiger partial charge in [0, 0.05) is 11.9 Å². The largest absolute Gasteiger partial charge is 0.455 e. The van der Waals surface area contributed by atoms with Gasteiger partial charge in [-0.1, -0.05) is 12.1 Å². The molecule has 0 radical (unpaired) electrons. The number of furan rings is 1. The number of halogens is 1. The Labute approximate surface area is 86.3 Å². The zero-order valence-corrected chi connectivity index (χ0v) is 8.33. The number of hydrogen-bond acceptors (Lipinski definition) is 3. The lowest BCUT2D eigenvalue weighted by Crippen LogP contribution is -2.30. The summed E-state index contributed by atoms with van der Waals surface area (Å²) >= 11 is 0. The predicted octanol–water partition coefficient (Wildman–Crippen LogP) is 1.74. The molecule has 2 aromatic rings. The van der Waals surface area contributed by atoms with Crippen LogP contribution in [0.1, 0.15) is 12.7 Å². The van der Waals surface area contributed by atoms with Crippen molar-refractivity contribution < 1.29 is 13.9 Å². The van der Waals surface area contributed by atoms with Gasteiger partial charge in [0.25, 0.3) is 0 Å². The Morgan fingerprint density at radius 1 is 1.53 bits per heavy atom. The number of rotatable bonds is 2. The van der Waals surface area contributed by atoms with Crippen LogP contribution >= 0.6 is 0 Å². The highest BCUT2D eigenvalue weighted by atomic mass is 19.1. The van der Waals surface area contributed by atoms with E-state index in [4.69, 9.17) is 10.2 Å². The van der Waals surface area contributed by atoms with Crippen LogP contribution in [0.2, 0.25) is 0 Å².